The highest BCUT2D eigenvalue weighted by atomic mass is 35.5. The van der Waals surface area contributed by atoms with E-state index in [-0.39, 0.29) is 36.7 Å². The van der Waals surface area contributed by atoms with E-state index in [9.17, 15) is 9.59 Å². The fourth-order valence-electron chi connectivity index (χ4n) is 1.67. The van der Waals surface area contributed by atoms with Gasteiger partial charge in [0.25, 0.3) is 0 Å². The van der Waals surface area contributed by atoms with E-state index in [0.717, 1.165) is 0 Å². The summed E-state index contributed by atoms with van der Waals surface area (Å²) in [5.41, 5.74) is 6.21. The molecule has 0 aromatic heterocycles. The van der Waals surface area contributed by atoms with Gasteiger partial charge in [0, 0.05) is 23.9 Å². The predicted molar refractivity (Wildman–Crippen MR) is 91.2 cm³/mol. The molecule has 1 rings (SSSR count). The number of amides is 2. The van der Waals surface area contributed by atoms with Crippen LogP contribution < -0.4 is 25.8 Å². The minimum atomic E-state index is -0.635. The van der Waals surface area contributed by atoms with E-state index in [1.165, 1.54) is 14.2 Å². The molecule has 0 aliphatic rings. The van der Waals surface area contributed by atoms with Crippen LogP contribution in [-0.2, 0) is 9.59 Å². The number of nitrogens with one attached hydrogen (secondary N) is 2. The Kier molecular flexibility index (Phi) is 9.05. The van der Waals surface area contributed by atoms with Crippen LogP contribution in [0.2, 0.25) is 0 Å². The zero-order valence-electron chi connectivity index (χ0n) is 13.7. The minimum absolute atomic E-state index is 0. The van der Waals surface area contributed by atoms with E-state index < -0.39 is 6.04 Å². The number of carbonyl (C=O) groups is 2. The number of anilines is 1. The third kappa shape index (κ3) is 6.75. The number of rotatable bonds is 7. The average molecular weight is 346 g/mol. The molecule has 1 aromatic carbocycles. The van der Waals surface area contributed by atoms with Crippen LogP contribution >= 0.6 is 12.4 Å². The predicted octanol–water partition coefficient (Wildman–Crippen LogP) is 1.16. The van der Waals surface area contributed by atoms with E-state index in [4.69, 9.17) is 15.2 Å². The molecule has 0 aliphatic heterocycles. The number of methoxy groups -OCH3 is 2. The third-order valence-corrected chi connectivity index (χ3v) is 3.08. The summed E-state index contributed by atoms with van der Waals surface area (Å²) in [7, 11) is 3.04. The Morgan fingerprint density at radius 1 is 1.13 bits per heavy atom. The van der Waals surface area contributed by atoms with Crippen LogP contribution in [0.1, 0.15) is 13.8 Å². The van der Waals surface area contributed by atoms with Crippen molar-refractivity contribution in [2.75, 3.05) is 26.1 Å². The SMILES string of the molecule is COc1cc(NC(=O)CNC(=O)[C@@H](N)C(C)C)cc(OC)c1.Cl. The van der Waals surface area contributed by atoms with Gasteiger partial charge in [-0.3, -0.25) is 9.59 Å². The summed E-state index contributed by atoms with van der Waals surface area (Å²) in [6.45, 7) is 3.53. The van der Waals surface area contributed by atoms with Crippen LogP contribution in [0.15, 0.2) is 18.2 Å². The summed E-state index contributed by atoms with van der Waals surface area (Å²) >= 11 is 0. The smallest absolute Gasteiger partial charge is 0.243 e. The molecular weight excluding hydrogens is 322 g/mol. The van der Waals surface area contributed by atoms with Gasteiger partial charge in [0.15, 0.2) is 0 Å². The van der Waals surface area contributed by atoms with Crippen LogP contribution in [0.5, 0.6) is 11.5 Å². The summed E-state index contributed by atoms with van der Waals surface area (Å²) < 4.78 is 10.2. The molecule has 2 amide bonds. The second kappa shape index (κ2) is 9.91. The zero-order valence-corrected chi connectivity index (χ0v) is 14.5. The first-order valence-corrected chi connectivity index (χ1v) is 6.93. The van der Waals surface area contributed by atoms with Crippen LogP contribution in [-0.4, -0.2) is 38.6 Å². The molecule has 0 fully saturated rings. The molecule has 23 heavy (non-hydrogen) atoms. The normalized spacial score (nSPS) is 11.2. The van der Waals surface area contributed by atoms with Crippen LogP contribution in [0.3, 0.4) is 0 Å². The van der Waals surface area contributed by atoms with Crippen molar-refractivity contribution in [3.8, 4) is 11.5 Å². The van der Waals surface area contributed by atoms with Gasteiger partial charge in [-0.05, 0) is 5.92 Å². The fourth-order valence-corrected chi connectivity index (χ4v) is 1.67. The highest BCUT2D eigenvalue weighted by Crippen LogP contribution is 2.25. The van der Waals surface area contributed by atoms with Gasteiger partial charge in [0.1, 0.15) is 11.5 Å². The van der Waals surface area contributed by atoms with Gasteiger partial charge in [-0.15, -0.1) is 12.4 Å². The Bertz CT molecular complexity index is 515. The Labute approximate surface area is 142 Å². The molecule has 1 atom stereocenters. The van der Waals surface area contributed by atoms with Gasteiger partial charge in [-0.25, -0.2) is 0 Å². The molecule has 4 N–H and O–H groups in total. The number of halogens is 1. The van der Waals surface area contributed by atoms with Crippen molar-refractivity contribution >= 4 is 29.9 Å². The first-order chi connectivity index (χ1) is 10.4. The quantitative estimate of drug-likeness (QED) is 0.688. The van der Waals surface area contributed by atoms with Crippen molar-refractivity contribution < 1.29 is 19.1 Å². The average Bonchev–Trinajstić information content (AvgIpc) is 2.51. The van der Waals surface area contributed by atoms with Crippen molar-refractivity contribution in [3.05, 3.63) is 18.2 Å². The Morgan fingerprint density at radius 3 is 2.09 bits per heavy atom. The largest absolute Gasteiger partial charge is 0.497 e. The number of hydrogen-bond donors (Lipinski definition) is 3. The molecule has 0 unspecified atom stereocenters. The Hall–Kier alpha value is -1.99. The highest BCUT2D eigenvalue weighted by Gasteiger charge is 2.17. The fraction of sp³-hybridized carbons (Fsp3) is 0.467. The van der Waals surface area contributed by atoms with Crippen molar-refractivity contribution in [1.82, 2.24) is 5.32 Å². The molecule has 0 bridgehead atoms. The monoisotopic (exact) mass is 345 g/mol. The molecule has 0 spiro atoms. The van der Waals surface area contributed by atoms with E-state index in [1.807, 2.05) is 13.8 Å². The first-order valence-electron chi connectivity index (χ1n) is 6.93. The van der Waals surface area contributed by atoms with E-state index >= 15 is 0 Å². The molecule has 8 heteroatoms. The molecule has 0 saturated carbocycles. The lowest BCUT2D eigenvalue weighted by atomic mass is 10.1. The lowest BCUT2D eigenvalue weighted by Gasteiger charge is -2.15. The van der Waals surface area contributed by atoms with Crippen LogP contribution in [0, 0.1) is 5.92 Å². The lowest BCUT2D eigenvalue weighted by molar-refractivity contribution is -0.125. The van der Waals surface area contributed by atoms with Gasteiger partial charge in [0.05, 0.1) is 26.8 Å². The van der Waals surface area contributed by atoms with Gasteiger partial charge in [-0.2, -0.15) is 0 Å². The second-order valence-electron chi connectivity index (χ2n) is 5.14. The third-order valence-electron chi connectivity index (χ3n) is 3.08. The molecule has 7 nitrogen and oxygen atoms in total. The number of benzene rings is 1. The summed E-state index contributed by atoms with van der Waals surface area (Å²) in [5.74, 6) is 0.403. The van der Waals surface area contributed by atoms with Crippen molar-refractivity contribution in [3.63, 3.8) is 0 Å². The summed E-state index contributed by atoms with van der Waals surface area (Å²) in [6.07, 6.45) is 0. The number of ether oxygens (including phenoxy) is 2. The minimum Gasteiger partial charge on any atom is -0.497 e. The van der Waals surface area contributed by atoms with Crippen LogP contribution in [0.4, 0.5) is 5.69 Å². The maximum Gasteiger partial charge on any atom is 0.243 e. The maximum absolute atomic E-state index is 11.9. The molecule has 0 radical (unpaired) electrons. The Balaban J connectivity index is 0.00000484. The van der Waals surface area contributed by atoms with Gasteiger partial charge in [0.2, 0.25) is 11.8 Å². The van der Waals surface area contributed by atoms with E-state index in [1.54, 1.807) is 18.2 Å². The van der Waals surface area contributed by atoms with E-state index in [2.05, 4.69) is 10.6 Å². The second-order valence-corrected chi connectivity index (χ2v) is 5.14. The van der Waals surface area contributed by atoms with E-state index in [0.29, 0.717) is 17.2 Å². The van der Waals surface area contributed by atoms with Crippen molar-refractivity contribution in [2.45, 2.75) is 19.9 Å². The highest BCUT2D eigenvalue weighted by molar-refractivity contribution is 5.95. The lowest BCUT2D eigenvalue weighted by Crippen LogP contribution is -2.46. The van der Waals surface area contributed by atoms with Crippen LogP contribution in [0.25, 0.3) is 0 Å². The molecule has 130 valence electrons. The van der Waals surface area contributed by atoms with Gasteiger partial charge >= 0.3 is 0 Å². The van der Waals surface area contributed by atoms with Crippen molar-refractivity contribution in [1.29, 1.82) is 0 Å². The number of nitrogens with two attached hydrogens (primary N) is 1. The molecule has 0 heterocycles. The van der Waals surface area contributed by atoms with Gasteiger partial charge < -0.3 is 25.8 Å². The number of hydrogen-bond acceptors (Lipinski definition) is 5. The van der Waals surface area contributed by atoms with Crippen molar-refractivity contribution in [2.24, 2.45) is 11.7 Å². The van der Waals surface area contributed by atoms with Gasteiger partial charge in [-0.1, -0.05) is 13.8 Å². The molecule has 0 aliphatic carbocycles. The number of carbonyl (C=O) groups excluding carboxylic acids is 2. The first kappa shape index (κ1) is 21.0. The zero-order chi connectivity index (χ0) is 16.7. The molecule has 1 aromatic rings. The summed E-state index contributed by atoms with van der Waals surface area (Å²) in [5, 5.41) is 5.16. The molecular formula is C15H24ClN3O4. The standard InChI is InChI=1S/C15H23N3O4.ClH/c1-9(2)14(16)15(20)17-8-13(19)18-10-5-11(21-3)7-12(6-10)22-4;/h5-7,9,14H,8,16H2,1-4H3,(H,17,20)(H,18,19);1H/t14-;/m0./s1. The summed E-state index contributed by atoms with van der Waals surface area (Å²) in [6, 6.07) is 4.37. The molecule has 0 saturated heterocycles. The topological polar surface area (TPSA) is 103 Å². The Morgan fingerprint density at radius 2 is 1.65 bits per heavy atom. The summed E-state index contributed by atoms with van der Waals surface area (Å²) in [4.78, 5) is 23.5. The maximum atomic E-state index is 11.9.